The van der Waals surface area contributed by atoms with Crippen LogP contribution in [0.15, 0.2) is 54.6 Å². The fourth-order valence-corrected chi connectivity index (χ4v) is 3.09. The first-order valence-corrected chi connectivity index (χ1v) is 9.46. The zero-order valence-electron chi connectivity index (χ0n) is 15.7. The third-order valence-electron chi connectivity index (χ3n) is 4.37. The van der Waals surface area contributed by atoms with E-state index in [0.29, 0.717) is 11.6 Å². The molecule has 0 unspecified atom stereocenters. The molecule has 140 valence electrons. The molecule has 3 aromatic rings. The van der Waals surface area contributed by atoms with Crippen LogP contribution < -0.4 is 5.32 Å². The minimum atomic E-state index is -0.436. The second-order valence-electron chi connectivity index (χ2n) is 6.70. The summed E-state index contributed by atoms with van der Waals surface area (Å²) >= 11 is 6.01. The highest BCUT2D eigenvalue weighted by Gasteiger charge is 2.24. The standard InChI is InChI=1S/C22H23ClN2O2/c1-4-27-22(26)21(14(2)3)25-20-13-19(15-9-11-16(23)12-10-15)24-18-8-6-5-7-17(18)20/h5-14,21H,4H2,1-3H3,(H,24,25)/t21-/m1/s1. The Balaban J connectivity index is 2.07. The number of nitrogens with one attached hydrogen (secondary N) is 1. The van der Waals surface area contributed by atoms with Gasteiger partial charge in [0.1, 0.15) is 6.04 Å². The highest BCUT2D eigenvalue weighted by molar-refractivity contribution is 6.30. The molecular formula is C22H23ClN2O2. The molecule has 1 heterocycles. The van der Waals surface area contributed by atoms with E-state index in [1.54, 1.807) is 0 Å². The molecule has 5 heteroatoms. The van der Waals surface area contributed by atoms with Crippen LogP contribution in [0.25, 0.3) is 22.2 Å². The lowest BCUT2D eigenvalue weighted by Gasteiger charge is -2.23. The van der Waals surface area contributed by atoms with E-state index in [-0.39, 0.29) is 11.9 Å². The highest BCUT2D eigenvalue weighted by Crippen LogP contribution is 2.30. The average molecular weight is 383 g/mol. The molecule has 0 saturated heterocycles. The topological polar surface area (TPSA) is 51.2 Å². The van der Waals surface area contributed by atoms with Gasteiger partial charge in [-0.2, -0.15) is 0 Å². The number of nitrogens with zero attached hydrogens (tertiary/aromatic N) is 1. The molecule has 3 rings (SSSR count). The summed E-state index contributed by atoms with van der Waals surface area (Å²) in [5.74, 6) is -0.170. The normalized spacial score (nSPS) is 12.2. The summed E-state index contributed by atoms with van der Waals surface area (Å²) in [4.78, 5) is 17.2. The molecule has 0 aliphatic carbocycles. The number of pyridine rings is 1. The van der Waals surface area contributed by atoms with Crippen molar-refractivity contribution in [1.82, 2.24) is 4.98 Å². The lowest BCUT2D eigenvalue weighted by molar-refractivity contribution is -0.145. The second kappa shape index (κ2) is 8.40. The Labute approximate surface area is 164 Å². The van der Waals surface area contributed by atoms with Crippen molar-refractivity contribution in [1.29, 1.82) is 0 Å². The third kappa shape index (κ3) is 4.40. The molecule has 4 nitrogen and oxygen atoms in total. The van der Waals surface area contributed by atoms with Crippen molar-refractivity contribution in [2.45, 2.75) is 26.8 Å². The van der Waals surface area contributed by atoms with Crippen LogP contribution in [0, 0.1) is 5.92 Å². The Morgan fingerprint density at radius 1 is 1.15 bits per heavy atom. The number of hydrogen-bond donors (Lipinski definition) is 1. The first kappa shape index (κ1) is 19.2. The van der Waals surface area contributed by atoms with E-state index in [9.17, 15) is 4.79 Å². The SMILES string of the molecule is CCOC(=O)[C@H](Nc1cc(-c2ccc(Cl)cc2)nc2ccccc12)C(C)C. The largest absolute Gasteiger partial charge is 0.464 e. The summed E-state index contributed by atoms with van der Waals surface area (Å²) in [6.45, 7) is 6.17. The van der Waals surface area contributed by atoms with Crippen molar-refractivity contribution in [2.24, 2.45) is 5.92 Å². The van der Waals surface area contributed by atoms with Crippen LogP contribution in [0.1, 0.15) is 20.8 Å². The fourth-order valence-electron chi connectivity index (χ4n) is 2.96. The number of fused-ring (bicyclic) bond motifs is 1. The Hall–Kier alpha value is -2.59. The predicted octanol–water partition coefficient (Wildman–Crippen LogP) is 5.55. The molecule has 0 saturated carbocycles. The predicted molar refractivity (Wildman–Crippen MR) is 111 cm³/mol. The summed E-state index contributed by atoms with van der Waals surface area (Å²) in [6.07, 6.45) is 0. The first-order chi connectivity index (χ1) is 13.0. The monoisotopic (exact) mass is 382 g/mol. The van der Waals surface area contributed by atoms with Gasteiger partial charge in [-0.3, -0.25) is 0 Å². The maximum atomic E-state index is 12.4. The summed E-state index contributed by atoms with van der Waals surface area (Å²) in [6, 6.07) is 17.0. The summed E-state index contributed by atoms with van der Waals surface area (Å²) in [5.41, 5.74) is 3.50. The Kier molecular flexibility index (Phi) is 5.97. The van der Waals surface area contributed by atoms with Crippen molar-refractivity contribution in [3.8, 4) is 11.3 Å². The van der Waals surface area contributed by atoms with E-state index in [4.69, 9.17) is 21.3 Å². The second-order valence-corrected chi connectivity index (χ2v) is 7.13. The molecule has 0 bridgehead atoms. The molecule has 2 aromatic carbocycles. The van der Waals surface area contributed by atoms with E-state index >= 15 is 0 Å². The van der Waals surface area contributed by atoms with Crippen molar-refractivity contribution >= 4 is 34.2 Å². The van der Waals surface area contributed by atoms with Gasteiger partial charge in [0.2, 0.25) is 0 Å². The smallest absolute Gasteiger partial charge is 0.328 e. The number of carbonyl (C=O) groups excluding carboxylic acids is 1. The van der Waals surface area contributed by atoms with Crippen LogP contribution in [0.2, 0.25) is 5.02 Å². The minimum absolute atomic E-state index is 0.0787. The molecule has 1 atom stereocenters. The molecule has 1 N–H and O–H groups in total. The Bertz CT molecular complexity index is 939. The number of hydrogen-bond acceptors (Lipinski definition) is 4. The number of benzene rings is 2. The molecule has 0 spiro atoms. The molecular weight excluding hydrogens is 360 g/mol. The van der Waals surface area contributed by atoms with Crippen LogP contribution in [0.5, 0.6) is 0 Å². The van der Waals surface area contributed by atoms with Crippen molar-refractivity contribution < 1.29 is 9.53 Å². The van der Waals surface area contributed by atoms with Crippen LogP contribution >= 0.6 is 11.6 Å². The third-order valence-corrected chi connectivity index (χ3v) is 4.63. The summed E-state index contributed by atoms with van der Waals surface area (Å²) < 4.78 is 5.25. The quantitative estimate of drug-likeness (QED) is 0.567. The van der Waals surface area contributed by atoms with Gasteiger partial charge in [-0.25, -0.2) is 9.78 Å². The van der Waals surface area contributed by atoms with E-state index < -0.39 is 6.04 Å². The molecule has 1 aromatic heterocycles. The molecule has 0 fully saturated rings. The number of carbonyl (C=O) groups is 1. The first-order valence-electron chi connectivity index (χ1n) is 9.08. The number of halogens is 1. The van der Waals surface area contributed by atoms with Gasteiger partial charge in [0, 0.05) is 21.7 Å². The van der Waals surface area contributed by atoms with Gasteiger partial charge in [-0.15, -0.1) is 0 Å². The van der Waals surface area contributed by atoms with E-state index in [1.807, 2.05) is 75.4 Å². The van der Waals surface area contributed by atoms with Crippen molar-refractivity contribution in [3.05, 3.63) is 59.6 Å². The number of anilines is 1. The maximum absolute atomic E-state index is 12.4. The van der Waals surface area contributed by atoms with E-state index in [0.717, 1.165) is 27.8 Å². The molecule has 0 aliphatic rings. The number of ether oxygens (including phenoxy) is 1. The molecule has 0 radical (unpaired) electrons. The van der Waals surface area contributed by atoms with Crippen LogP contribution in [0.3, 0.4) is 0 Å². The van der Waals surface area contributed by atoms with Gasteiger partial charge in [-0.05, 0) is 37.1 Å². The van der Waals surface area contributed by atoms with Crippen LogP contribution in [-0.4, -0.2) is 23.6 Å². The van der Waals surface area contributed by atoms with Crippen LogP contribution in [0.4, 0.5) is 5.69 Å². The summed E-state index contributed by atoms with van der Waals surface area (Å²) in [7, 11) is 0. The van der Waals surface area contributed by atoms with Gasteiger partial charge in [-0.1, -0.05) is 55.8 Å². The lowest BCUT2D eigenvalue weighted by Crippen LogP contribution is -2.36. The van der Waals surface area contributed by atoms with E-state index in [1.165, 1.54) is 0 Å². The average Bonchev–Trinajstić information content (AvgIpc) is 2.66. The zero-order chi connectivity index (χ0) is 19.4. The number of rotatable bonds is 6. The highest BCUT2D eigenvalue weighted by atomic mass is 35.5. The van der Waals surface area contributed by atoms with Gasteiger partial charge in [0.15, 0.2) is 0 Å². The van der Waals surface area contributed by atoms with Gasteiger partial charge in [0.25, 0.3) is 0 Å². The molecule has 0 aliphatic heterocycles. The van der Waals surface area contributed by atoms with Gasteiger partial charge in [0.05, 0.1) is 17.8 Å². The zero-order valence-corrected chi connectivity index (χ0v) is 16.5. The van der Waals surface area contributed by atoms with Gasteiger partial charge >= 0.3 is 5.97 Å². The minimum Gasteiger partial charge on any atom is -0.464 e. The van der Waals surface area contributed by atoms with E-state index in [2.05, 4.69) is 5.32 Å². The fraction of sp³-hybridized carbons (Fsp3) is 0.273. The molecule has 0 amide bonds. The Morgan fingerprint density at radius 3 is 2.52 bits per heavy atom. The summed E-state index contributed by atoms with van der Waals surface area (Å²) in [5, 5.41) is 5.03. The van der Waals surface area contributed by atoms with Gasteiger partial charge < -0.3 is 10.1 Å². The maximum Gasteiger partial charge on any atom is 0.328 e. The Morgan fingerprint density at radius 2 is 1.85 bits per heavy atom. The number of esters is 1. The molecule has 27 heavy (non-hydrogen) atoms. The number of aromatic nitrogens is 1. The lowest BCUT2D eigenvalue weighted by atomic mass is 10.0. The van der Waals surface area contributed by atoms with Crippen molar-refractivity contribution in [2.75, 3.05) is 11.9 Å². The number of para-hydroxylation sites is 1. The van der Waals surface area contributed by atoms with Crippen molar-refractivity contribution in [3.63, 3.8) is 0 Å². The van der Waals surface area contributed by atoms with Crippen LogP contribution in [-0.2, 0) is 9.53 Å².